The lowest BCUT2D eigenvalue weighted by Crippen LogP contribution is -2.36. The summed E-state index contributed by atoms with van der Waals surface area (Å²) in [5.41, 5.74) is 3.03. The largest absolute Gasteiger partial charge is 0.462 e. The normalized spacial score (nSPS) is 13.3. The lowest BCUT2D eigenvalue weighted by Gasteiger charge is -2.21. The zero-order chi connectivity index (χ0) is 15.2. The molecule has 0 unspecified atom stereocenters. The zero-order valence-electron chi connectivity index (χ0n) is 12.4. The van der Waals surface area contributed by atoms with Crippen molar-refractivity contribution in [1.82, 2.24) is 5.32 Å². The second-order valence-electron chi connectivity index (χ2n) is 5.00. The maximum Gasteiger partial charge on any atom is 0.338 e. The molecule has 1 aromatic rings. The van der Waals surface area contributed by atoms with E-state index < -0.39 is 0 Å². The fraction of sp³-hybridized carbons (Fsp3) is 0.375. The van der Waals surface area contributed by atoms with Crippen molar-refractivity contribution in [2.75, 3.05) is 25.0 Å². The van der Waals surface area contributed by atoms with Crippen molar-refractivity contribution < 1.29 is 14.3 Å². The van der Waals surface area contributed by atoms with Gasteiger partial charge in [-0.1, -0.05) is 6.92 Å². The van der Waals surface area contributed by atoms with Crippen LogP contribution < -0.4 is 10.6 Å². The average molecular weight is 288 g/mol. The number of hydrogen-bond donors (Lipinski definition) is 2. The van der Waals surface area contributed by atoms with E-state index in [9.17, 15) is 9.59 Å². The third kappa shape index (κ3) is 3.92. The summed E-state index contributed by atoms with van der Waals surface area (Å²) in [7, 11) is 0. The van der Waals surface area contributed by atoms with Gasteiger partial charge in [0.2, 0.25) is 0 Å². The van der Waals surface area contributed by atoms with E-state index in [1.54, 1.807) is 24.3 Å². The van der Waals surface area contributed by atoms with Gasteiger partial charge in [0, 0.05) is 24.4 Å². The van der Waals surface area contributed by atoms with Crippen LogP contribution in [0, 0.1) is 0 Å². The molecule has 0 aromatic heterocycles. The molecule has 21 heavy (non-hydrogen) atoms. The van der Waals surface area contributed by atoms with E-state index in [1.165, 1.54) is 0 Å². The number of benzene rings is 1. The molecule has 1 saturated heterocycles. The first-order valence-electron chi connectivity index (χ1n) is 7.09. The van der Waals surface area contributed by atoms with E-state index >= 15 is 0 Å². The number of esters is 1. The summed E-state index contributed by atoms with van der Waals surface area (Å²) in [6, 6.07) is 6.72. The van der Waals surface area contributed by atoms with Gasteiger partial charge in [0.05, 0.1) is 12.2 Å². The third-order valence-corrected chi connectivity index (χ3v) is 3.36. The molecule has 1 heterocycles. The first-order valence-corrected chi connectivity index (χ1v) is 7.09. The van der Waals surface area contributed by atoms with Crippen molar-refractivity contribution in [2.45, 2.75) is 20.3 Å². The first kappa shape index (κ1) is 15.3. The molecule has 1 aliphatic heterocycles. The van der Waals surface area contributed by atoms with Gasteiger partial charge in [-0.2, -0.15) is 0 Å². The van der Waals surface area contributed by atoms with Gasteiger partial charge in [-0.15, -0.1) is 0 Å². The minimum absolute atomic E-state index is 0.104. The van der Waals surface area contributed by atoms with Crippen LogP contribution in [0.1, 0.15) is 30.6 Å². The summed E-state index contributed by atoms with van der Waals surface area (Å²) >= 11 is 0. The molecule has 2 rings (SSSR count). The van der Waals surface area contributed by atoms with Crippen LogP contribution in [0.3, 0.4) is 0 Å². The number of hydrogen-bond acceptors (Lipinski definition) is 4. The Kier molecular flexibility index (Phi) is 5.11. The molecule has 1 aromatic carbocycles. The summed E-state index contributed by atoms with van der Waals surface area (Å²) in [5.74, 6) is -0.443. The molecule has 5 heteroatoms. The summed E-state index contributed by atoms with van der Waals surface area (Å²) in [5, 5.41) is 5.93. The van der Waals surface area contributed by atoms with Crippen LogP contribution in [-0.4, -0.2) is 31.6 Å². The van der Waals surface area contributed by atoms with Gasteiger partial charge in [-0.25, -0.2) is 4.79 Å². The standard InChI is InChI=1S/C16H20N2O3/c1-3-8-21-16(20)12-4-6-14(7-5-12)18-15(19)11(2)13-9-17-10-13/h4-7,17H,3,8-10H2,1-2H3,(H,18,19). The molecule has 0 saturated carbocycles. The number of carbonyl (C=O) groups excluding carboxylic acids is 2. The predicted molar refractivity (Wildman–Crippen MR) is 81.2 cm³/mol. The minimum atomic E-state index is -0.339. The van der Waals surface area contributed by atoms with Gasteiger partial charge in [0.25, 0.3) is 5.91 Å². The lowest BCUT2D eigenvalue weighted by molar-refractivity contribution is -0.112. The summed E-state index contributed by atoms with van der Waals surface area (Å²) in [4.78, 5) is 23.7. The summed E-state index contributed by atoms with van der Waals surface area (Å²) < 4.78 is 5.05. The van der Waals surface area contributed by atoms with Crippen molar-refractivity contribution in [3.05, 3.63) is 41.0 Å². The van der Waals surface area contributed by atoms with Crippen molar-refractivity contribution in [3.8, 4) is 0 Å². The highest BCUT2D eigenvalue weighted by molar-refractivity contribution is 6.04. The minimum Gasteiger partial charge on any atom is -0.462 e. The quantitative estimate of drug-likeness (QED) is 0.643. The van der Waals surface area contributed by atoms with Gasteiger partial charge >= 0.3 is 5.97 Å². The number of amides is 1. The monoisotopic (exact) mass is 288 g/mol. The van der Waals surface area contributed by atoms with Gasteiger partial charge in [0.15, 0.2) is 0 Å². The highest BCUT2D eigenvalue weighted by atomic mass is 16.5. The van der Waals surface area contributed by atoms with Crippen LogP contribution in [-0.2, 0) is 9.53 Å². The molecule has 5 nitrogen and oxygen atoms in total. The van der Waals surface area contributed by atoms with Gasteiger partial charge in [0.1, 0.15) is 0 Å². The first-order chi connectivity index (χ1) is 10.1. The third-order valence-electron chi connectivity index (χ3n) is 3.36. The second kappa shape index (κ2) is 7.04. The maximum absolute atomic E-state index is 12.0. The Balaban J connectivity index is 1.96. The van der Waals surface area contributed by atoms with Crippen LogP contribution in [0.4, 0.5) is 5.69 Å². The molecule has 0 aliphatic carbocycles. The van der Waals surface area contributed by atoms with Crippen LogP contribution in [0.15, 0.2) is 35.4 Å². The summed E-state index contributed by atoms with van der Waals surface area (Å²) in [6.07, 6.45) is 0.794. The smallest absolute Gasteiger partial charge is 0.338 e. The van der Waals surface area contributed by atoms with E-state index in [-0.39, 0.29) is 11.9 Å². The maximum atomic E-state index is 12.0. The number of carbonyl (C=O) groups is 2. The molecule has 1 fully saturated rings. The van der Waals surface area contributed by atoms with Crippen molar-refractivity contribution in [3.63, 3.8) is 0 Å². The Bertz CT molecular complexity index is 555. The lowest BCUT2D eigenvalue weighted by atomic mass is 10.0. The van der Waals surface area contributed by atoms with Crippen LogP contribution >= 0.6 is 0 Å². The Morgan fingerprint density at radius 2 is 1.90 bits per heavy atom. The highest BCUT2D eigenvalue weighted by Crippen LogP contribution is 2.14. The molecule has 1 aliphatic rings. The molecule has 0 spiro atoms. The number of nitrogens with one attached hydrogen (secondary N) is 2. The van der Waals surface area contributed by atoms with E-state index in [4.69, 9.17) is 4.74 Å². The molecule has 0 bridgehead atoms. The highest BCUT2D eigenvalue weighted by Gasteiger charge is 2.16. The van der Waals surface area contributed by atoms with E-state index in [0.717, 1.165) is 30.7 Å². The Hall–Kier alpha value is -2.14. The van der Waals surface area contributed by atoms with Crippen molar-refractivity contribution >= 4 is 17.6 Å². The number of rotatable bonds is 5. The SMILES string of the molecule is CCCOC(=O)c1ccc(NC(=O)C(C)=C2CNC2)cc1. The topological polar surface area (TPSA) is 67.4 Å². The molecule has 1 amide bonds. The van der Waals surface area contributed by atoms with Gasteiger partial charge in [-0.05, 0) is 43.2 Å². The Morgan fingerprint density at radius 1 is 1.24 bits per heavy atom. The van der Waals surface area contributed by atoms with E-state index in [1.807, 2.05) is 13.8 Å². The average Bonchev–Trinajstić information content (AvgIpc) is 2.43. The fourth-order valence-corrected chi connectivity index (χ4v) is 1.87. The van der Waals surface area contributed by atoms with E-state index in [2.05, 4.69) is 10.6 Å². The molecular weight excluding hydrogens is 268 g/mol. The van der Waals surface area contributed by atoms with Crippen LogP contribution in [0.2, 0.25) is 0 Å². The van der Waals surface area contributed by atoms with Crippen molar-refractivity contribution in [2.24, 2.45) is 0 Å². The van der Waals surface area contributed by atoms with Gasteiger partial charge in [-0.3, -0.25) is 4.79 Å². The van der Waals surface area contributed by atoms with Gasteiger partial charge < -0.3 is 15.4 Å². The summed E-state index contributed by atoms with van der Waals surface area (Å²) in [6.45, 7) is 5.74. The zero-order valence-corrected chi connectivity index (χ0v) is 12.4. The van der Waals surface area contributed by atoms with Crippen LogP contribution in [0.5, 0.6) is 0 Å². The molecule has 0 radical (unpaired) electrons. The van der Waals surface area contributed by atoms with E-state index in [0.29, 0.717) is 17.9 Å². The molecule has 0 atom stereocenters. The Labute approximate surface area is 124 Å². The van der Waals surface area contributed by atoms with Crippen molar-refractivity contribution in [1.29, 1.82) is 0 Å². The molecule has 112 valence electrons. The second-order valence-corrected chi connectivity index (χ2v) is 5.00. The molecular formula is C16H20N2O3. The fourth-order valence-electron chi connectivity index (χ4n) is 1.87. The number of ether oxygens (including phenoxy) is 1. The Morgan fingerprint density at radius 3 is 2.43 bits per heavy atom. The molecule has 2 N–H and O–H groups in total. The van der Waals surface area contributed by atoms with Crippen LogP contribution in [0.25, 0.3) is 0 Å². The number of anilines is 1. The predicted octanol–water partition coefficient (Wildman–Crippen LogP) is 2.11.